The molecular formula is C13H19NO. The molecule has 2 rings (SSSR count). The molecule has 2 heteroatoms. The Labute approximate surface area is 91.5 Å². The highest BCUT2D eigenvalue weighted by Crippen LogP contribution is 2.31. The number of benzene rings is 1. The van der Waals surface area contributed by atoms with Crippen LogP contribution in [0.15, 0.2) is 18.2 Å². The summed E-state index contributed by atoms with van der Waals surface area (Å²) >= 11 is 0. The van der Waals surface area contributed by atoms with Crippen LogP contribution in [-0.2, 0) is 12.8 Å². The smallest absolute Gasteiger partial charge is 0.119 e. The third-order valence-corrected chi connectivity index (χ3v) is 3.18. The second-order valence-corrected chi connectivity index (χ2v) is 4.79. The van der Waals surface area contributed by atoms with Gasteiger partial charge in [-0.05, 0) is 56.5 Å². The van der Waals surface area contributed by atoms with Crippen LogP contribution in [0.3, 0.4) is 0 Å². The second-order valence-electron chi connectivity index (χ2n) is 4.79. The van der Waals surface area contributed by atoms with Crippen LogP contribution in [0.1, 0.15) is 17.5 Å². The van der Waals surface area contributed by atoms with E-state index in [9.17, 15) is 5.11 Å². The number of aromatic hydroxyl groups is 1. The van der Waals surface area contributed by atoms with Gasteiger partial charge in [-0.3, -0.25) is 0 Å². The summed E-state index contributed by atoms with van der Waals surface area (Å²) in [6.45, 7) is 1.15. The molecule has 1 unspecified atom stereocenters. The first-order valence-corrected chi connectivity index (χ1v) is 5.61. The Morgan fingerprint density at radius 1 is 1.40 bits per heavy atom. The average Bonchev–Trinajstić information content (AvgIpc) is 2.17. The van der Waals surface area contributed by atoms with Crippen molar-refractivity contribution in [1.82, 2.24) is 4.90 Å². The number of phenols is 1. The Balaban J connectivity index is 2.13. The molecule has 1 aliphatic carbocycles. The molecule has 2 nitrogen and oxygen atoms in total. The van der Waals surface area contributed by atoms with Crippen LogP contribution in [0.5, 0.6) is 5.75 Å². The SMILES string of the molecule is CN(C)CC1CCc2c(O)cccc2C1. The van der Waals surface area contributed by atoms with Gasteiger partial charge in [-0.2, -0.15) is 0 Å². The summed E-state index contributed by atoms with van der Waals surface area (Å²) in [6.07, 6.45) is 3.34. The third-order valence-electron chi connectivity index (χ3n) is 3.18. The molecule has 0 radical (unpaired) electrons. The number of phenolic OH excluding ortho intramolecular Hbond substituents is 1. The molecule has 1 aliphatic rings. The molecule has 0 saturated carbocycles. The molecule has 0 heterocycles. The predicted molar refractivity (Wildman–Crippen MR) is 62.2 cm³/mol. The molecule has 0 amide bonds. The van der Waals surface area contributed by atoms with E-state index in [1.807, 2.05) is 6.07 Å². The lowest BCUT2D eigenvalue weighted by molar-refractivity contribution is 0.300. The molecule has 1 atom stereocenters. The van der Waals surface area contributed by atoms with E-state index in [0.717, 1.165) is 25.3 Å². The summed E-state index contributed by atoms with van der Waals surface area (Å²) in [5.41, 5.74) is 2.51. The number of nitrogens with zero attached hydrogens (tertiary/aromatic N) is 1. The lowest BCUT2D eigenvalue weighted by atomic mass is 9.83. The maximum absolute atomic E-state index is 9.71. The van der Waals surface area contributed by atoms with Crippen molar-refractivity contribution in [2.45, 2.75) is 19.3 Å². The van der Waals surface area contributed by atoms with E-state index in [1.165, 1.54) is 17.5 Å². The fraction of sp³-hybridized carbons (Fsp3) is 0.538. The summed E-state index contributed by atoms with van der Waals surface area (Å²) in [7, 11) is 4.25. The van der Waals surface area contributed by atoms with Gasteiger partial charge in [0.2, 0.25) is 0 Å². The summed E-state index contributed by atoms with van der Waals surface area (Å²) in [6, 6.07) is 5.90. The van der Waals surface area contributed by atoms with Crippen molar-refractivity contribution >= 4 is 0 Å². The fourth-order valence-electron chi connectivity index (χ4n) is 2.53. The van der Waals surface area contributed by atoms with Crippen LogP contribution in [0.25, 0.3) is 0 Å². The Morgan fingerprint density at radius 2 is 2.20 bits per heavy atom. The molecular weight excluding hydrogens is 186 g/mol. The Kier molecular flexibility index (Phi) is 2.96. The van der Waals surface area contributed by atoms with Gasteiger partial charge < -0.3 is 10.0 Å². The monoisotopic (exact) mass is 205 g/mol. The average molecular weight is 205 g/mol. The van der Waals surface area contributed by atoms with Gasteiger partial charge in [0, 0.05) is 6.54 Å². The summed E-state index contributed by atoms with van der Waals surface area (Å²) in [5.74, 6) is 1.23. The molecule has 1 N–H and O–H groups in total. The van der Waals surface area contributed by atoms with Gasteiger partial charge in [0.1, 0.15) is 5.75 Å². The first kappa shape index (κ1) is 10.5. The molecule has 0 spiro atoms. The van der Waals surface area contributed by atoms with Gasteiger partial charge in [-0.1, -0.05) is 12.1 Å². The van der Waals surface area contributed by atoms with Crippen LogP contribution in [-0.4, -0.2) is 30.6 Å². The van der Waals surface area contributed by atoms with Gasteiger partial charge in [-0.25, -0.2) is 0 Å². The zero-order valence-electron chi connectivity index (χ0n) is 9.53. The Morgan fingerprint density at radius 3 is 2.93 bits per heavy atom. The molecule has 0 saturated heterocycles. The lowest BCUT2D eigenvalue weighted by Crippen LogP contribution is -2.26. The van der Waals surface area contributed by atoms with Gasteiger partial charge in [0.25, 0.3) is 0 Å². The standard InChI is InChI=1S/C13H19NO/c1-14(2)9-10-6-7-12-11(8-10)4-3-5-13(12)15/h3-5,10,15H,6-9H2,1-2H3. The minimum absolute atomic E-state index is 0.482. The molecule has 0 fully saturated rings. The van der Waals surface area contributed by atoms with Crippen LogP contribution < -0.4 is 0 Å². The molecule has 15 heavy (non-hydrogen) atoms. The molecule has 82 valence electrons. The molecule has 0 bridgehead atoms. The molecule has 0 aromatic heterocycles. The van der Waals surface area contributed by atoms with Crippen molar-refractivity contribution in [3.05, 3.63) is 29.3 Å². The van der Waals surface area contributed by atoms with Crippen molar-refractivity contribution in [1.29, 1.82) is 0 Å². The Hall–Kier alpha value is -1.02. The highest BCUT2D eigenvalue weighted by atomic mass is 16.3. The maximum atomic E-state index is 9.71. The van der Waals surface area contributed by atoms with Crippen molar-refractivity contribution in [2.24, 2.45) is 5.92 Å². The van der Waals surface area contributed by atoms with E-state index in [2.05, 4.69) is 25.1 Å². The minimum Gasteiger partial charge on any atom is -0.508 e. The van der Waals surface area contributed by atoms with E-state index < -0.39 is 0 Å². The quantitative estimate of drug-likeness (QED) is 0.799. The van der Waals surface area contributed by atoms with Gasteiger partial charge in [-0.15, -0.1) is 0 Å². The van der Waals surface area contributed by atoms with Crippen LogP contribution in [0.2, 0.25) is 0 Å². The minimum atomic E-state index is 0.482. The normalized spacial score (nSPS) is 20.3. The zero-order valence-corrected chi connectivity index (χ0v) is 9.53. The number of hydrogen-bond donors (Lipinski definition) is 1. The van der Waals surface area contributed by atoms with Crippen LogP contribution in [0, 0.1) is 5.92 Å². The molecule has 1 aromatic carbocycles. The fourth-order valence-corrected chi connectivity index (χ4v) is 2.53. The van der Waals surface area contributed by atoms with Crippen molar-refractivity contribution in [2.75, 3.05) is 20.6 Å². The number of hydrogen-bond acceptors (Lipinski definition) is 2. The van der Waals surface area contributed by atoms with E-state index in [4.69, 9.17) is 0 Å². The highest BCUT2D eigenvalue weighted by Gasteiger charge is 2.20. The van der Waals surface area contributed by atoms with Crippen molar-refractivity contribution in [3.63, 3.8) is 0 Å². The Bertz CT molecular complexity index is 346. The zero-order chi connectivity index (χ0) is 10.8. The lowest BCUT2D eigenvalue weighted by Gasteiger charge is -2.27. The van der Waals surface area contributed by atoms with Gasteiger partial charge >= 0.3 is 0 Å². The summed E-state index contributed by atoms with van der Waals surface area (Å²) < 4.78 is 0. The van der Waals surface area contributed by atoms with Crippen molar-refractivity contribution < 1.29 is 5.11 Å². The summed E-state index contributed by atoms with van der Waals surface area (Å²) in [5, 5.41) is 9.71. The van der Waals surface area contributed by atoms with E-state index in [0.29, 0.717) is 5.75 Å². The number of rotatable bonds is 2. The van der Waals surface area contributed by atoms with E-state index in [1.54, 1.807) is 6.07 Å². The largest absolute Gasteiger partial charge is 0.508 e. The third kappa shape index (κ3) is 2.32. The first-order valence-electron chi connectivity index (χ1n) is 5.61. The first-order chi connectivity index (χ1) is 7.16. The van der Waals surface area contributed by atoms with Crippen LogP contribution in [0.4, 0.5) is 0 Å². The second kappa shape index (κ2) is 4.23. The molecule has 0 aliphatic heterocycles. The van der Waals surface area contributed by atoms with Crippen molar-refractivity contribution in [3.8, 4) is 5.75 Å². The topological polar surface area (TPSA) is 23.5 Å². The molecule has 1 aromatic rings. The van der Waals surface area contributed by atoms with E-state index >= 15 is 0 Å². The van der Waals surface area contributed by atoms with Gasteiger partial charge in [0.05, 0.1) is 0 Å². The predicted octanol–water partition coefficient (Wildman–Crippen LogP) is 2.06. The van der Waals surface area contributed by atoms with Gasteiger partial charge in [0.15, 0.2) is 0 Å². The highest BCUT2D eigenvalue weighted by molar-refractivity contribution is 5.40. The number of fused-ring (bicyclic) bond motifs is 1. The van der Waals surface area contributed by atoms with Crippen LogP contribution >= 0.6 is 0 Å². The maximum Gasteiger partial charge on any atom is 0.119 e. The van der Waals surface area contributed by atoms with E-state index in [-0.39, 0.29) is 0 Å². The summed E-state index contributed by atoms with van der Waals surface area (Å²) in [4.78, 5) is 2.25.